The molecule has 0 saturated heterocycles. The third-order valence-electron chi connectivity index (χ3n) is 3.49. The van der Waals surface area contributed by atoms with Gasteiger partial charge >= 0.3 is 5.69 Å². The maximum absolute atomic E-state index is 11.0. The molecule has 0 radical (unpaired) electrons. The van der Waals surface area contributed by atoms with Gasteiger partial charge in [0.2, 0.25) is 0 Å². The molecule has 19 heavy (non-hydrogen) atoms. The predicted octanol–water partition coefficient (Wildman–Crippen LogP) is 4.36. The van der Waals surface area contributed by atoms with E-state index < -0.39 is 4.92 Å². The summed E-state index contributed by atoms with van der Waals surface area (Å²) < 4.78 is 5.64. The largest absolute Gasteiger partial charge is 0.486 e. The number of nitrogens with zero attached hydrogens (tertiary/aromatic N) is 1. The van der Waals surface area contributed by atoms with Crippen LogP contribution in [0.5, 0.6) is 5.75 Å². The molecule has 1 rings (SSSR count). The number of nitro benzene ring substituents is 1. The number of ether oxygens (including phenoxy) is 1. The average molecular weight is 304 g/mol. The molecule has 0 aliphatic rings. The van der Waals surface area contributed by atoms with Crippen LogP contribution in [0.15, 0.2) is 18.2 Å². The molecule has 0 spiro atoms. The summed E-state index contributed by atoms with van der Waals surface area (Å²) in [6, 6.07) is 4.43. The van der Waals surface area contributed by atoms with E-state index in [0.29, 0.717) is 17.4 Å². The van der Waals surface area contributed by atoms with Crippen LogP contribution in [0.2, 0.25) is 5.02 Å². The van der Waals surface area contributed by atoms with Gasteiger partial charge in [-0.1, -0.05) is 25.4 Å². The average Bonchev–Trinajstić information content (AvgIpc) is 2.42. The molecule has 0 fully saturated rings. The van der Waals surface area contributed by atoms with Crippen molar-refractivity contribution < 1.29 is 9.66 Å². The highest BCUT2D eigenvalue weighted by atomic mass is 35.5. The fraction of sp³-hybridized carbons (Fsp3) is 0.538. The lowest BCUT2D eigenvalue weighted by molar-refractivity contribution is -0.385. The van der Waals surface area contributed by atoms with Crippen molar-refractivity contribution in [3.63, 3.8) is 0 Å². The van der Waals surface area contributed by atoms with Gasteiger partial charge in [0.05, 0.1) is 11.5 Å². The van der Waals surface area contributed by atoms with E-state index in [1.165, 1.54) is 12.1 Å². The second kappa shape index (κ2) is 7.01. The normalized spacial score (nSPS) is 11.4. The SMILES string of the molecule is CCC(CC)(CS)COc1ccc(Cl)cc1[N+](=O)[O-]. The number of nitro groups is 1. The van der Waals surface area contributed by atoms with Gasteiger partial charge in [-0.15, -0.1) is 0 Å². The minimum absolute atomic E-state index is 0.0589. The van der Waals surface area contributed by atoms with Crippen molar-refractivity contribution in [3.8, 4) is 5.75 Å². The standard InChI is InChI=1S/C13H18ClNO3S/c1-3-13(4-2,9-19)8-18-12-6-5-10(14)7-11(12)15(16)17/h5-7,19H,3-4,8-9H2,1-2H3. The van der Waals surface area contributed by atoms with Crippen LogP contribution in [-0.2, 0) is 0 Å². The van der Waals surface area contributed by atoms with Crippen LogP contribution in [0.4, 0.5) is 5.69 Å². The van der Waals surface area contributed by atoms with Crippen molar-refractivity contribution >= 4 is 29.9 Å². The molecule has 0 bridgehead atoms. The van der Waals surface area contributed by atoms with Crippen LogP contribution in [0.25, 0.3) is 0 Å². The Hall–Kier alpha value is -0.940. The number of hydrogen-bond acceptors (Lipinski definition) is 4. The lowest BCUT2D eigenvalue weighted by atomic mass is 9.85. The van der Waals surface area contributed by atoms with Crippen LogP contribution < -0.4 is 4.74 Å². The molecule has 0 saturated carbocycles. The first-order valence-corrected chi connectivity index (χ1v) is 7.16. The van der Waals surface area contributed by atoms with Gasteiger partial charge < -0.3 is 4.74 Å². The Balaban J connectivity index is 2.91. The summed E-state index contributed by atoms with van der Waals surface area (Å²) in [4.78, 5) is 10.5. The van der Waals surface area contributed by atoms with Crippen molar-refractivity contribution in [2.75, 3.05) is 12.4 Å². The number of hydrogen-bond donors (Lipinski definition) is 1. The van der Waals surface area contributed by atoms with Crippen LogP contribution in [0, 0.1) is 15.5 Å². The van der Waals surface area contributed by atoms with Gasteiger partial charge in [-0.2, -0.15) is 12.6 Å². The molecule has 4 nitrogen and oxygen atoms in total. The quantitative estimate of drug-likeness (QED) is 0.462. The zero-order valence-corrected chi connectivity index (χ0v) is 12.7. The van der Waals surface area contributed by atoms with Gasteiger partial charge in [0.1, 0.15) is 0 Å². The van der Waals surface area contributed by atoms with E-state index in [-0.39, 0.29) is 16.9 Å². The highest BCUT2D eigenvalue weighted by Gasteiger charge is 2.27. The lowest BCUT2D eigenvalue weighted by Gasteiger charge is -2.29. The molecule has 6 heteroatoms. The van der Waals surface area contributed by atoms with Crippen molar-refractivity contribution in [2.24, 2.45) is 5.41 Å². The first kappa shape index (κ1) is 16.1. The third-order valence-corrected chi connectivity index (χ3v) is 4.39. The molecule has 0 heterocycles. The molecule has 0 aliphatic carbocycles. The highest BCUT2D eigenvalue weighted by Crippen LogP contribution is 2.33. The van der Waals surface area contributed by atoms with Crippen LogP contribution in [0.3, 0.4) is 0 Å². The second-order valence-corrected chi connectivity index (χ2v) is 5.28. The molecule has 0 atom stereocenters. The topological polar surface area (TPSA) is 52.4 Å². The highest BCUT2D eigenvalue weighted by molar-refractivity contribution is 7.80. The van der Waals surface area contributed by atoms with Crippen molar-refractivity contribution in [1.82, 2.24) is 0 Å². The minimum atomic E-state index is -0.485. The van der Waals surface area contributed by atoms with Gasteiger partial charge in [0.15, 0.2) is 5.75 Å². The summed E-state index contributed by atoms with van der Waals surface area (Å²) in [6.07, 6.45) is 1.82. The van der Waals surface area contributed by atoms with Crippen LogP contribution in [-0.4, -0.2) is 17.3 Å². The third kappa shape index (κ3) is 4.01. The molecule has 106 valence electrons. The van der Waals surface area contributed by atoms with Gasteiger partial charge in [0, 0.05) is 16.5 Å². The summed E-state index contributed by atoms with van der Waals surface area (Å²) in [7, 11) is 0. The maximum atomic E-state index is 11.0. The van der Waals surface area contributed by atoms with Crippen molar-refractivity contribution in [1.29, 1.82) is 0 Å². The van der Waals surface area contributed by atoms with Gasteiger partial charge in [-0.05, 0) is 30.7 Å². The predicted molar refractivity (Wildman–Crippen MR) is 80.5 cm³/mol. The molecule has 0 amide bonds. The Morgan fingerprint density at radius 3 is 2.53 bits per heavy atom. The van der Waals surface area contributed by atoms with Crippen LogP contribution in [0.1, 0.15) is 26.7 Å². The smallest absolute Gasteiger partial charge is 0.312 e. The van der Waals surface area contributed by atoms with Crippen molar-refractivity contribution in [2.45, 2.75) is 26.7 Å². The van der Waals surface area contributed by atoms with Crippen molar-refractivity contribution in [3.05, 3.63) is 33.3 Å². The molecular formula is C13H18ClNO3S. The number of benzene rings is 1. The van der Waals surface area contributed by atoms with E-state index >= 15 is 0 Å². The summed E-state index contributed by atoms with van der Waals surface area (Å²) in [5.74, 6) is 0.934. The minimum Gasteiger partial charge on any atom is -0.486 e. The first-order chi connectivity index (χ1) is 8.98. The van der Waals surface area contributed by atoms with Gasteiger partial charge in [-0.25, -0.2) is 0 Å². The zero-order valence-electron chi connectivity index (χ0n) is 11.1. The van der Waals surface area contributed by atoms with Gasteiger partial charge in [-0.3, -0.25) is 10.1 Å². The molecule has 0 unspecified atom stereocenters. The molecule has 1 aromatic carbocycles. The van der Waals surface area contributed by atoms with E-state index in [1.807, 2.05) is 0 Å². The number of thiol groups is 1. The summed E-state index contributed by atoms with van der Waals surface area (Å²) in [5.41, 5.74) is -0.163. The molecule has 0 aromatic heterocycles. The maximum Gasteiger partial charge on any atom is 0.312 e. The monoisotopic (exact) mass is 303 g/mol. The zero-order chi connectivity index (χ0) is 14.5. The molecule has 0 N–H and O–H groups in total. The fourth-order valence-electron chi connectivity index (χ4n) is 1.71. The van der Waals surface area contributed by atoms with E-state index in [2.05, 4.69) is 26.5 Å². The Bertz CT molecular complexity index is 441. The van der Waals surface area contributed by atoms with E-state index in [4.69, 9.17) is 16.3 Å². The van der Waals surface area contributed by atoms with Crippen LogP contribution >= 0.6 is 24.2 Å². The summed E-state index contributed by atoms with van der Waals surface area (Å²) in [5, 5.41) is 11.3. The Kier molecular flexibility index (Phi) is 5.94. The lowest BCUT2D eigenvalue weighted by Crippen LogP contribution is -2.29. The fourth-order valence-corrected chi connectivity index (χ4v) is 2.41. The number of rotatable bonds is 7. The Labute approximate surface area is 123 Å². The molecular weight excluding hydrogens is 286 g/mol. The van der Waals surface area contributed by atoms with E-state index in [1.54, 1.807) is 6.07 Å². The van der Waals surface area contributed by atoms with E-state index in [0.717, 1.165) is 12.8 Å². The first-order valence-electron chi connectivity index (χ1n) is 6.15. The van der Waals surface area contributed by atoms with Gasteiger partial charge in [0.25, 0.3) is 0 Å². The Morgan fingerprint density at radius 2 is 2.05 bits per heavy atom. The summed E-state index contributed by atoms with van der Waals surface area (Å²) in [6.45, 7) is 4.55. The second-order valence-electron chi connectivity index (χ2n) is 4.52. The van der Waals surface area contributed by atoms with E-state index in [9.17, 15) is 10.1 Å². The molecule has 1 aromatic rings. The Morgan fingerprint density at radius 1 is 1.42 bits per heavy atom. The molecule has 0 aliphatic heterocycles. The summed E-state index contributed by atoms with van der Waals surface area (Å²) >= 11 is 10.1. The number of halogens is 1.